The molecule has 80 valence electrons. The Morgan fingerprint density at radius 3 is 2.40 bits per heavy atom. The molecule has 3 nitrogen and oxygen atoms in total. The summed E-state index contributed by atoms with van der Waals surface area (Å²) in [7, 11) is 0. The molecule has 0 spiro atoms. The Morgan fingerprint density at radius 1 is 1.27 bits per heavy atom. The highest BCUT2D eigenvalue weighted by Gasteiger charge is 2.12. The zero-order chi connectivity index (χ0) is 11.4. The topological polar surface area (TPSA) is 43.4 Å². The summed E-state index contributed by atoms with van der Waals surface area (Å²) < 4.78 is 4.76. The standard InChI is InChI=1S/C10H8Br2O3/c1-2-15-8-5-6(9(11)13)3-4-7(8)10(12)14/h3-5H,2H2,1H3. The fourth-order valence-corrected chi connectivity index (χ4v) is 1.66. The molecule has 0 fully saturated rings. The number of carbonyl (C=O) groups excluding carboxylic acids is 2. The lowest BCUT2D eigenvalue weighted by atomic mass is 10.1. The van der Waals surface area contributed by atoms with E-state index in [4.69, 9.17) is 4.74 Å². The van der Waals surface area contributed by atoms with Crippen LogP contribution < -0.4 is 4.74 Å². The van der Waals surface area contributed by atoms with E-state index in [2.05, 4.69) is 31.9 Å². The lowest BCUT2D eigenvalue weighted by Gasteiger charge is -2.07. The number of hydrogen-bond donors (Lipinski definition) is 0. The number of halogens is 2. The van der Waals surface area contributed by atoms with E-state index in [9.17, 15) is 9.59 Å². The van der Waals surface area contributed by atoms with Crippen molar-refractivity contribution in [3.05, 3.63) is 29.3 Å². The van der Waals surface area contributed by atoms with Gasteiger partial charge in [0.05, 0.1) is 12.2 Å². The van der Waals surface area contributed by atoms with Crippen LogP contribution in [0.25, 0.3) is 0 Å². The van der Waals surface area contributed by atoms with Crippen LogP contribution in [0.3, 0.4) is 0 Å². The number of rotatable bonds is 4. The van der Waals surface area contributed by atoms with Crippen molar-refractivity contribution in [1.82, 2.24) is 0 Å². The van der Waals surface area contributed by atoms with E-state index < -0.39 is 0 Å². The molecule has 0 aliphatic heterocycles. The van der Waals surface area contributed by atoms with Gasteiger partial charge in [-0.1, -0.05) is 0 Å². The Kier molecular flexibility index (Phi) is 4.47. The molecule has 0 amide bonds. The van der Waals surface area contributed by atoms with Crippen molar-refractivity contribution >= 4 is 41.2 Å². The summed E-state index contributed by atoms with van der Waals surface area (Å²) in [6, 6.07) is 4.65. The SMILES string of the molecule is CCOc1cc(C(=O)Br)ccc1C(=O)Br. The zero-order valence-corrected chi connectivity index (χ0v) is 11.1. The minimum absolute atomic E-state index is 0.239. The normalized spacial score (nSPS) is 9.80. The molecule has 0 aromatic heterocycles. The lowest BCUT2D eigenvalue weighted by molar-refractivity contribution is 0.108. The summed E-state index contributed by atoms with van der Waals surface area (Å²) >= 11 is 5.69. The van der Waals surface area contributed by atoms with Gasteiger partial charge >= 0.3 is 0 Å². The van der Waals surface area contributed by atoms with Gasteiger partial charge < -0.3 is 4.74 Å². The van der Waals surface area contributed by atoms with Crippen molar-refractivity contribution in [3.63, 3.8) is 0 Å². The Morgan fingerprint density at radius 2 is 1.93 bits per heavy atom. The van der Waals surface area contributed by atoms with Gasteiger partial charge in [0, 0.05) is 5.56 Å². The van der Waals surface area contributed by atoms with Crippen LogP contribution in [0.15, 0.2) is 18.2 Å². The van der Waals surface area contributed by atoms with Crippen LogP contribution in [0, 0.1) is 0 Å². The quantitative estimate of drug-likeness (QED) is 0.794. The average molecular weight is 336 g/mol. The predicted octanol–water partition coefficient (Wildman–Crippen LogP) is 3.16. The smallest absolute Gasteiger partial charge is 0.231 e. The maximum Gasteiger partial charge on any atom is 0.231 e. The van der Waals surface area contributed by atoms with Crippen molar-refractivity contribution < 1.29 is 14.3 Å². The summed E-state index contributed by atoms with van der Waals surface area (Å²) in [5.41, 5.74) is 0.866. The predicted molar refractivity (Wildman–Crippen MR) is 64.1 cm³/mol. The molecule has 0 N–H and O–H groups in total. The van der Waals surface area contributed by atoms with Crippen LogP contribution in [0.4, 0.5) is 0 Å². The highest BCUT2D eigenvalue weighted by atomic mass is 79.9. The minimum Gasteiger partial charge on any atom is -0.493 e. The summed E-state index contributed by atoms with van der Waals surface area (Å²) in [5.74, 6) is 0.407. The summed E-state index contributed by atoms with van der Waals surface area (Å²) in [6.45, 7) is 2.25. The van der Waals surface area contributed by atoms with Crippen molar-refractivity contribution in [2.24, 2.45) is 0 Å². The third-order valence-electron chi connectivity index (χ3n) is 1.72. The van der Waals surface area contributed by atoms with Crippen LogP contribution in [0.5, 0.6) is 5.75 Å². The maximum atomic E-state index is 11.2. The fraction of sp³-hybridized carbons (Fsp3) is 0.200. The van der Waals surface area contributed by atoms with Gasteiger partial charge in [-0.2, -0.15) is 0 Å². The molecule has 1 aromatic carbocycles. The van der Waals surface area contributed by atoms with Crippen molar-refractivity contribution in [2.45, 2.75) is 6.92 Å². The van der Waals surface area contributed by atoms with Gasteiger partial charge in [0.15, 0.2) is 0 Å². The Balaban J connectivity index is 3.20. The van der Waals surface area contributed by atoms with E-state index in [-0.39, 0.29) is 9.39 Å². The largest absolute Gasteiger partial charge is 0.493 e. The number of hydrogen-bond acceptors (Lipinski definition) is 3. The molecule has 1 aromatic rings. The molecule has 0 saturated heterocycles. The monoisotopic (exact) mass is 334 g/mol. The van der Waals surface area contributed by atoms with Crippen molar-refractivity contribution in [1.29, 1.82) is 0 Å². The minimum atomic E-state index is -0.264. The van der Waals surface area contributed by atoms with Gasteiger partial charge in [0.1, 0.15) is 5.75 Å². The maximum absolute atomic E-state index is 11.2. The summed E-state index contributed by atoms with van der Waals surface area (Å²) in [4.78, 5) is 22.2. The van der Waals surface area contributed by atoms with Crippen LogP contribution in [0.2, 0.25) is 0 Å². The second-order valence-electron chi connectivity index (χ2n) is 2.69. The van der Waals surface area contributed by atoms with E-state index in [0.29, 0.717) is 23.5 Å². The Hall–Kier alpha value is -0.680. The molecule has 0 radical (unpaired) electrons. The summed E-state index contributed by atoms with van der Waals surface area (Å²) in [6.07, 6.45) is 0. The number of ether oxygens (including phenoxy) is 1. The molecular formula is C10H8Br2O3. The van der Waals surface area contributed by atoms with E-state index >= 15 is 0 Å². The molecular weight excluding hydrogens is 328 g/mol. The van der Waals surface area contributed by atoms with Crippen LogP contribution in [-0.2, 0) is 0 Å². The average Bonchev–Trinajstić information content (AvgIpc) is 2.17. The highest BCUT2D eigenvalue weighted by molar-refractivity contribution is 9.18. The van der Waals surface area contributed by atoms with Gasteiger partial charge in [-0.25, -0.2) is 0 Å². The third-order valence-corrected chi connectivity index (χ3v) is 2.61. The van der Waals surface area contributed by atoms with Crippen molar-refractivity contribution in [3.8, 4) is 5.75 Å². The molecule has 0 aliphatic carbocycles. The first-order valence-electron chi connectivity index (χ1n) is 4.22. The highest BCUT2D eigenvalue weighted by Crippen LogP contribution is 2.24. The molecule has 1 rings (SSSR count). The van der Waals surface area contributed by atoms with E-state index in [1.807, 2.05) is 6.92 Å². The molecule has 0 aliphatic rings. The molecule has 0 saturated carbocycles. The molecule has 0 unspecified atom stereocenters. The number of benzene rings is 1. The second-order valence-corrected chi connectivity index (χ2v) is 4.13. The third kappa shape index (κ3) is 3.14. The van der Waals surface area contributed by atoms with Crippen molar-refractivity contribution in [2.75, 3.05) is 6.61 Å². The second kappa shape index (κ2) is 5.42. The fourth-order valence-electron chi connectivity index (χ4n) is 1.08. The molecule has 0 heterocycles. The van der Waals surface area contributed by atoms with Gasteiger partial charge in [0.2, 0.25) is 9.39 Å². The molecule has 0 bridgehead atoms. The molecule has 0 atom stereocenters. The van der Waals surface area contributed by atoms with Crippen LogP contribution in [0.1, 0.15) is 27.6 Å². The Labute approximate surface area is 104 Å². The first-order chi connectivity index (χ1) is 7.06. The number of carbonyl (C=O) groups is 2. The first-order valence-corrected chi connectivity index (χ1v) is 5.81. The van der Waals surface area contributed by atoms with E-state index in [0.717, 1.165) is 0 Å². The van der Waals surface area contributed by atoms with Gasteiger partial charge in [-0.3, -0.25) is 9.59 Å². The van der Waals surface area contributed by atoms with Gasteiger partial charge in [0.25, 0.3) is 0 Å². The van der Waals surface area contributed by atoms with Gasteiger partial charge in [-0.15, -0.1) is 0 Å². The van der Waals surface area contributed by atoms with E-state index in [1.165, 1.54) is 6.07 Å². The lowest BCUT2D eigenvalue weighted by Crippen LogP contribution is -2.01. The molecule has 15 heavy (non-hydrogen) atoms. The summed E-state index contributed by atoms with van der Waals surface area (Å²) in [5, 5.41) is 0. The zero-order valence-electron chi connectivity index (χ0n) is 7.92. The van der Waals surface area contributed by atoms with Gasteiger partial charge in [-0.05, 0) is 57.0 Å². The van der Waals surface area contributed by atoms with Crippen LogP contribution in [-0.4, -0.2) is 16.0 Å². The van der Waals surface area contributed by atoms with E-state index in [1.54, 1.807) is 12.1 Å². The molecule has 5 heteroatoms. The van der Waals surface area contributed by atoms with Crippen LogP contribution >= 0.6 is 31.9 Å². The Bertz CT molecular complexity index is 402. The first kappa shape index (κ1) is 12.4.